The van der Waals surface area contributed by atoms with Crippen molar-refractivity contribution < 1.29 is 9.00 Å². The summed E-state index contributed by atoms with van der Waals surface area (Å²) >= 11 is 0. The molecule has 5 heteroatoms. The number of Topliss-reactive ketones (excluding diaryl/α,β-unsaturated/α-hetero) is 1. The zero-order valence-electron chi connectivity index (χ0n) is 6.56. The molecule has 0 bridgehead atoms. The Bertz CT molecular complexity index is 300. The second kappa shape index (κ2) is 4.06. The number of hydrogen-bond acceptors (Lipinski definition) is 4. The lowest BCUT2D eigenvalue weighted by Gasteiger charge is -1.94. The average molecular weight is 184 g/mol. The fraction of sp³-hybridized carbons (Fsp3) is 0.286. The van der Waals surface area contributed by atoms with Crippen molar-refractivity contribution in [1.29, 1.82) is 0 Å². The van der Waals surface area contributed by atoms with Crippen LogP contribution in [0.1, 0.15) is 10.5 Å². The molecule has 0 amide bonds. The van der Waals surface area contributed by atoms with E-state index in [0.29, 0.717) is 0 Å². The molecule has 1 atom stereocenters. The molecule has 1 aromatic rings. The third-order valence-electron chi connectivity index (χ3n) is 1.18. The molecule has 64 valence electrons. The number of carbonyl (C=O) groups is 1. The number of nitrogens with zero attached hydrogens (tertiary/aromatic N) is 2. The molecule has 0 fully saturated rings. The Morgan fingerprint density at radius 2 is 2.33 bits per heavy atom. The van der Waals surface area contributed by atoms with Crippen LogP contribution in [0.25, 0.3) is 0 Å². The van der Waals surface area contributed by atoms with Gasteiger partial charge in [0.05, 0.1) is 11.9 Å². The summed E-state index contributed by atoms with van der Waals surface area (Å²) < 4.78 is 10.7. The summed E-state index contributed by atoms with van der Waals surface area (Å²) in [5, 5.41) is 0. The van der Waals surface area contributed by atoms with Crippen LogP contribution < -0.4 is 0 Å². The molecule has 0 aliphatic carbocycles. The normalized spacial score (nSPS) is 12.4. The number of aromatic nitrogens is 2. The predicted octanol–water partition coefficient (Wildman–Crippen LogP) is 0.0378. The van der Waals surface area contributed by atoms with Crippen molar-refractivity contribution in [3.05, 3.63) is 24.3 Å². The minimum Gasteiger partial charge on any atom is -0.291 e. The van der Waals surface area contributed by atoms with Crippen molar-refractivity contribution in [3.8, 4) is 0 Å². The van der Waals surface area contributed by atoms with Crippen LogP contribution in [0.2, 0.25) is 0 Å². The molecule has 0 aliphatic rings. The van der Waals surface area contributed by atoms with Gasteiger partial charge in [0.25, 0.3) is 0 Å². The summed E-state index contributed by atoms with van der Waals surface area (Å²) in [5.41, 5.74) is 0.271. The lowest BCUT2D eigenvalue weighted by molar-refractivity contribution is 0.101. The average Bonchev–Trinajstić information content (AvgIpc) is 2.05. The Labute approximate surface area is 72.5 Å². The molecule has 1 unspecified atom stereocenters. The highest BCUT2D eigenvalue weighted by Gasteiger charge is 2.08. The molecule has 0 aromatic carbocycles. The Hall–Kier alpha value is -1.10. The van der Waals surface area contributed by atoms with Gasteiger partial charge in [0.1, 0.15) is 5.69 Å². The van der Waals surface area contributed by atoms with E-state index in [-0.39, 0.29) is 17.2 Å². The molecular weight excluding hydrogens is 176 g/mol. The standard InChI is InChI=1S/C7H8N2O2S/c1-12(11)5-7(10)6-4-8-2-3-9-6/h2-4H,5H2,1H3. The van der Waals surface area contributed by atoms with Crippen molar-refractivity contribution in [1.82, 2.24) is 9.97 Å². The van der Waals surface area contributed by atoms with E-state index in [1.807, 2.05) is 0 Å². The Morgan fingerprint density at radius 3 is 2.83 bits per heavy atom. The minimum absolute atomic E-state index is 0.0126. The highest BCUT2D eigenvalue weighted by Crippen LogP contribution is 1.93. The SMILES string of the molecule is CS(=O)CC(=O)c1cnccn1. The maximum absolute atomic E-state index is 11.2. The molecule has 4 nitrogen and oxygen atoms in total. The number of ketones is 1. The van der Waals surface area contributed by atoms with E-state index in [9.17, 15) is 9.00 Å². The van der Waals surface area contributed by atoms with Crippen molar-refractivity contribution in [3.63, 3.8) is 0 Å². The predicted molar refractivity (Wildman–Crippen MR) is 45.3 cm³/mol. The lowest BCUT2D eigenvalue weighted by atomic mass is 10.3. The maximum atomic E-state index is 11.2. The Morgan fingerprint density at radius 1 is 1.58 bits per heavy atom. The van der Waals surface area contributed by atoms with Crippen LogP contribution >= 0.6 is 0 Å². The van der Waals surface area contributed by atoms with E-state index in [2.05, 4.69) is 9.97 Å². The first-order valence-electron chi connectivity index (χ1n) is 3.29. The van der Waals surface area contributed by atoms with E-state index in [0.717, 1.165) is 0 Å². The molecule has 1 aromatic heterocycles. The highest BCUT2D eigenvalue weighted by atomic mass is 32.2. The van der Waals surface area contributed by atoms with Gasteiger partial charge in [-0.2, -0.15) is 0 Å². The van der Waals surface area contributed by atoms with Crippen LogP contribution in [-0.4, -0.2) is 32.0 Å². The Balaban J connectivity index is 2.73. The summed E-state index contributed by atoms with van der Waals surface area (Å²) in [6.07, 6.45) is 5.77. The van der Waals surface area contributed by atoms with Crippen molar-refractivity contribution in [2.45, 2.75) is 0 Å². The monoisotopic (exact) mass is 184 g/mol. The smallest absolute Gasteiger partial charge is 0.195 e. The first-order chi connectivity index (χ1) is 5.70. The van der Waals surface area contributed by atoms with E-state index in [1.54, 1.807) is 0 Å². The molecule has 0 radical (unpaired) electrons. The van der Waals surface area contributed by atoms with E-state index in [1.165, 1.54) is 24.8 Å². The van der Waals surface area contributed by atoms with Crippen molar-refractivity contribution in [2.24, 2.45) is 0 Å². The molecule has 1 heterocycles. The molecule has 1 rings (SSSR count). The van der Waals surface area contributed by atoms with Gasteiger partial charge in [-0.1, -0.05) is 0 Å². The molecule has 12 heavy (non-hydrogen) atoms. The van der Waals surface area contributed by atoms with Crippen LogP contribution in [0.5, 0.6) is 0 Å². The largest absolute Gasteiger partial charge is 0.291 e. The van der Waals surface area contributed by atoms with Gasteiger partial charge in [-0.05, 0) is 0 Å². The van der Waals surface area contributed by atoms with Crippen LogP contribution in [0.15, 0.2) is 18.6 Å². The van der Waals surface area contributed by atoms with E-state index in [4.69, 9.17) is 0 Å². The zero-order chi connectivity index (χ0) is 8.97. The van der Waals surface area contributed by atoms with Crippen molar-refractivity contribution in [2.75, 3.05) is 12.0 Å². The zero-order valence-corrected chi connectivity index (χ0v) is 7.37. The van der Waals surface area contributed by atoms with Gasteiger partial charge in [0, 0.05) is 29.4 Å². The first-order valence-corrected chi connectivity index (χ1v) is 5.02. The summed E-state index contributed by atoms with van der Waals surface area (Å²) in [7, 11) is -1.11. The van der Waals surface area contributed by atoms with Crippen molar-refractivity contribution >= 4 is 16.6 Å². The summed E-state index contributed by atoms with van der Waals surface area (Å²) in [6.45, 7) is 0. The van der Waals surface area contributed by atoms with Gasteiger partial charge < -0.3 is 0 Å². The van der Waals surface area contributed by atoms with Crippen LogP contribution in [0, 0.1) is 0 Å². The highest BCUT2D eigenvalue weighted by molar-refractivity contribution is 7.85. The summed E-state index contributed by atoms with van der Waals surface area (Å²) in [6, 6.07) is 0. The van der Waals surface area contributed by atoms with Gasteiger partial charge in [-0.3, -0.25) is 14.0 Å². The third-order valence-corrected chi connectivity index (χ3v) is 1.85. The van der Waals surface area contributed by atoms with Gasteiger partial charge in [0.2, 0.25) is 0 Å². The topological polar surface area (TPSA) is 59.9 Å². The third kappa shape index (κ3) is 2.50. The second-order valence-electron chi connectivity index (χ2n) is 2.23. The van der Waals surface area contributed by atoms with Gasteiger partial charge in [-0.15, -0.1) is 0 Å². The maximum Gasteiger partial charge on any atom is 0.195 e. The first kappa shape index (κ1) is 8.99. The molecule has 0 N–H and O–H groups in total. The fourth-order valence-electron chi connectivity index (χ4n) is 0.702. The number of carbonyl (C=O) groups excluding carboxylic acids is 1. The minimum atomic E-state index is -1.11. The summed E-state index contributed by atoms with van der Waals surface area (Å²) in [5.74, 6) is -0.220. The molecule has 0 saturated heterocycles. The van der Waals surface area contributed by atoms with E-state index < -0.39 is 10.8 Å². The van der Waals surface area contributed by atoms with E-state index >= 15 is 0 Å². The van der Waals surface area contributed by atoms with Crippen LogP contribution in [-0.2, 0) is 10.8 Å². The molecule has 0 aliphatic heterocycles. The second-order valence-corrected chi connectivity index (χ2v) is 3.67. The molecular formula is C7H8N2O2S. The Kier molecular flexibility index (Phi) is 3.04. The van der Waals surface area contributed by atoms with Crippen LogP contribution in [0.3, 0.4) is 0 Å². The quantitative estimate of drug-likeness (QED) is 0.622. The number of rotatable bonds is 3. The molecule has 0 saturated carbocycles. The lowest BCUT2D eigenvalue weighted by Crippen LogP contribution is -2.11. The fourth-order valence-corrected chi connectivity index (χ4v) is 1.22. The molecule has 0 spiro atoms. The van der Waals surface area contributed by atoms with Gasteiger partial charge in [0.15, 0.2) is 5.78 Å². The van der Waals surface area contributed by atoms with Crippen LogP contribution in [0.4, 0.5) is 0 Å². The van der Waals surface area contributed by atoms with Gasteiger partial charge in [-0.25, -0.2) is 4.98 Å². The van der Waals surface area contributed by atoms with Gasteiger partial charge >= 0.3 is 0 Å². The summed E-state index contributed by atoms with van der Waals surface area (Å²) in [4.78, 5) is 18.7. The number of hydrogen-bond donors (Lipinski definition) is 0.